The molecule has 10 aromatic rings. The average Bonchev–Trinajstić information content (AvgIpc) is 3.75. The monoisotopic (exact) mass is 594 g/mol. The van der Waals surface area contributed by atoms with E-state index in [-0.39, 0.29) is 0 Å². The summed E-state index contributed by atoms with van der Waals surface area (Å²) in [6.07, 6.45) is 0. The molecule has 0 aliphatic rings. The van der Waals surface area contributed by atoms with Crippen molar-refractivity contribution in [3.05, 3.63) is 133 Å². The molecule has 0 N–H and O–H groups in total. The van der Waals surface area contributed by atoms with E-state index in [4.69, 9.17) is 19.4 Å². The molecule has 0 bridgehead atoms. The molecule has 6 aromatic carbocycles. The molecule has 10 rings (SSSR count). The zero-order valence-electron chi connectivity index (χ0n) is 23.8. The fourth-order valence-corrected chi connectivity index (χ4v) is 7.71. The van der Waals surface area contributed by atoms with Crippen molar-refractivity contribution in [1.29, 1.82) is 0 Å². The highest BCUT2D eigenvalue weighted by Crippen LogP contribution is 2.43. The highest BCUT2D eigenvalue weighted by molar-refractivity contribution is 7.26. The second-order valence-electron chi connectivity index (χ2n) is 11.3. The summed E-state index contributed by atoms with van der Waals surface area (Å²) in [5, 5.41) is 7.03. The lowest BCUT2D eigenvalue weighted by Crippen LogP contribution is -2.06. The molecule has 45 heavy (non-hydrogen) atoms. The molecule has 0 fully saturated rings. The van der Waals surface area contributed by atoms with E-state index in [1.165, 1.54) is 20.2 Å². The van der Waals surface area contributed by atoms with E-state index in [1.807, 2.05) is 84.1 Å². The van der Waals surface area contributed by atoms with Crippen molar-refractivity contribution in [3.8, 4) is 28.7 Å². The quantitative estimate of drug-likeness (QED) is 0.204. The smallest absolute Gasteiger partial charge is 0.238 e. The van der Waals surface area contributed by atoms with Gasteiger partial charge in [0.2, 0.25) is 5.95 Å². The van der Waals surface area contributed by atoms with Crippen LogP contribution in [0.1, 0.15) is 0 Å². The largest absolute Gasteiger partial charge is 0.456 e. The average molecular weight is 595 g/mol. The summed E-state index contributed by atoms with van der Waals surface area (Å²) in [7, 11) is 0. The first-order valence-corrected chi connectivity index (χ1v) is 15.7. The number of thiophene rings is 1. The van der Waals surface area contributed by atoms with Crippen molar-refractivity contribution >= 4 is 75.3 Å². The van der Waals surface area contributed by atoms with Crippen molar-refractivity contribution in [2.24, 2.45) is 0 Å². The van der Waals surface area contributed by atoms with E-state index >= 15 is 0 Å². The molecule has 0 aliphatic heterocycles. The highest BCUT2D eigenvalue weighted by Gasteiger charge is 2.20. The van der Waals surface area contributed by atoms with Gasteiger partial charge in [-0.05, 0) is 36.4 Å². The van der Waals surface area contributed by atoms with Crippen LogP contribution in [0.3, 0.4) is 0 Å². The van der Waals surface area contributed by atoms with Crippen LogP contribution in [0.2, 0.25) is 0 Å². The lowest BCUT2D eigenvalue weighted by atomic mass is 10.1. The summed E-state index contributed by atoms with van der Waals surface area (Å²) >= 11 is 1.81. The number of aromatic nitrogens is 4. The van der Waals surface area contributed by atoms with Crippen LogP contribution in [0.5, 0.6) is 0 Å². The minimum Gasteiger partial charge on any atom is -0.456 e. The van der Waals surface area contributed by atoms with Gasteiger partial charge in [0, 0.05) is 52.8 Å². The number of nitrogens with zero attached hydrogens (tertiary/aromatic N) is 4. The Labute approximate surface area is 260 Å². The predicted molar refractivity (Wildman–Crippen MR) is 185 cm³/mol. The van der Waals surface area contributed by atoms with Crippen LogP contribution in [-0.2, 0) is 0 Å². The van der Waals surface area contributed by atoms with Gasteiger partial charge in [0.15, 0.2) is 11.6 Å². The maximum atomic E-state index is 6.27. The number of fused-ring (bicyclic) bond motifs is 9. The molecular formula is C39H22N4OS. The van der Waals surface area contributed by atoms with Gasteiger partial charge in [-0.25, -0.2) is 4.98 Å². The third-order valence-electron chi connectivity index (χ3n) is 8.65. The van der Waals surface area contributed by atoms with Crippen LogP contribution in [-0.4, -0.2) is 19.5 Å². The Bertz CT molecular complexity index is 2700. The molecule has 4 aromatic heterocycles. The molecular weight excluding hydrogens is 573 g/mol. The van der Waals surface area contributed by atoms with Gasteiger partial charge in [-0.2, -0.15) is 9.97 Å². The van der Waals surface area contributed by atoms with E-state index in [1.54, 1.807) is 0 Å². The van der Waals surface area contributed by atoms with Crippen molar-refractivity contribution < 1.29 is 4.42 Å². The Balaban J connectivity index is 1.27. The predicted octanol–water partition coefficient (Wildman–Crippen LogP) is 10.6. The van der Waals surface area contributed by atoms with Gasteiger partial charge in [-0.1, -0.05) is 97.1 Å². The number of benzene rings is 6. The summed E-state index contributed by atoms with van der Waals surface area (Å²) in [5.41, 5.74) is 5.85. The molecule has 0 saturated carbocycles. The SMILES string of the molecule is c1ccc(-c2nc(-c3ccccc3)nc(-n3c4ccccc4c4cc5c(cc43)sc3cc4c(cc35)oc3ccccc34)n2)cc1. The molecule has 6 heteroatoms. The molecule has 0 spiro atoms. The summed E-state index contributed by atoms with van der Waals surface area (Å²) < 4.78 is 10.9. The summed E-state index contributed by atoms with van der Waals surface area (Å²) in [5.74, 6) is 1.88. The minimum absolute atomic E-state index is 0.596. The summed E-state index contributed by atoms with van der Waals surface area (Å²) in [6.45, 7) is 0. The number of rotatable bonds is 3. The first kappa shape index (κ1) is 24.6. The Morgan fingerprint density at radius 2 is 1.07 bits per heavy atom. The lowest BCUT2D eigenvalue weighted by molar-refractivity contribution is 0.669. The van der Waals surface area contributed by atoms with Crippen LogP contribution in [0, 0.1) is 0 Å². The number of para-hydroxylation sites is 2. The zero-order chi connectivity index (χ0) is 29.5. The van der Waals surface area contributed by atoms with Gasteiger partial charge >= 0.3 is 0 Å². The van der Waals surface area contributed by atoms with Crippen molar-refractivity contribution in [2.75, 3.05) is 0 Å². The first-order valence-electron chi connectivity index (χ1n) is 14.9. The van der Waals surface area contributed by atoms with Gasteiger partial charge in [0.05, 0.1) is 11.0 Å². The van der Waals surface area contributed by atoms with Crippen LogP contribution in [0.15, 0.2) is 138 Å². The molecule has 0 aliphatic carbocycles. The number of furan rings is 1. The minimum atomic E-state index is 0.596. The van der Waals surface area contributed by atoms with Crippen LogP contribution in [0.25, 0.3) is 92.6 Å². The molecule has 0 unspecified atom stereocenters. The lowest BCUT2D eigenvalue weighted by Gasteiger charge is -2.10. The van der Waals surface area contributed by atoms with Gasteiger partial charge in [0.1, 0.15) is 11.2 Å². The normalized spacial score (nSPS) is 12.0. The maximum Gasteiger partial charge on any atom is 0.238 e. The van der Waals surface area contributed by atoms with Crippen LogP contribution >= 0.6 is 11.3 Å². The van der Waals surface area contributed by atoms with E-state index < -0.39 is 0 Å². The fourth-order valence-electron chi connectivity index (χ4n) is 6.57. The first-order chi connectivity index (χ1) is 22.3. The molecule has 0 atom stereocenters. The van der Waals surface area contributed by atoms with Gasteiger partial charge in [-0.3, -0.25) is 4.57 Å². The van der Waals surface area contributed by atoms with E-state index in [0.717, 1.165) is 54.9 Å². The van der Waals surface area contributed by atoms with Crippen molar-refractivity contribution in [2.45, 2.75) is 0 Å². The van der Waals surface area contributed by atoms with Crippen molar-refractivity contribution in [1.82, 2.24) is 19.5 Å². The van der Waals surface area contributed by atoms with Crippen LogP contribution < -0.4 is 0 Å². The third kappa shape index (κ3) is 3.70. The second-order valence-corrected chi connectivity index (χ2v) is 12.4. The highest BCUT2D eigenvalue weighted by atomic mass is 32.1. The molecule has 0 radical (unpaired) electrons. The van der Waals surface area contributed by atoms with Gasteiger partial charge in [-0.15, -0.1) is 11.3 Å². The van der Waals surface area contributed by atoms with Crippen molar-refractivity contribution in [3.63, 3.8) is 0 Å². The van der Waals surface area contributed by atoms with E-state index in [0.29, 0.717) is 17.6 Å². The Morgan fingerprint density at radius 3 is 1.82 bits per heavy atom. The second kappa shape index (κ2) is 9.32. The van der Waals surface area contributed by atoms with Crippen LogP contribution in [0.4, 0.5) is 0 Å². The number of hydrogen-bond acceptors (Lipinski definition) is 5. The van der Waals surface area contributed by atoms with E-state index in [9.17, 15) is 0 Å². The standard InChI is InChI=1S/C39H22N4OS/c1-3-11-23(12-4-1)37-40-38(24-13-5-2-6-14-24)42-39(41-37)43-31-17-9-7-15-25(31)27-19-29-30-20-34-28(26-16-8-10-18-33(26)44-34)21-35(30)45-36(29)22-32(27)43/h1-22H. The maximum absolute atomic E-state index is 6.27. The van der Waals surface area contributed by atoms with Gasteiger partial charge in [0.25, 0.3) is 0 Å². The summed E-state index contributed by atoms with van der Waals surface area (Å²) in [4.78, 5) is 15.1. The third-order valence-corrected chi connectivity index (χ3v) is 9.77. The van der Waals surface area contributed by atoms with Gasteiger partial charge < -0.3 is 4.42 Å². The Hall–Kier alpha value is -5.85. The molecule has 4 heterocycles. The molecule has 210 valence electrons. The summed E-state index contributed by atoms with van der Waals surface area (Å²) in [6, 6.07) is 46.1. The Kier molecular flexibility index (Phi) is 5.09. The Morgan fingerprint density at radius 1 is 0.444 bits per heavy atom. The topological polar surface area (TPSA) is 56.7 Å². The molecule has 0 saturated heterocycles. The molecule has 5 nitrogen and oxygen atoms in total. The number of hydrogen-bond donors (Lipinski definition) is 0. The molecule has 0 amide bonds. The fraction of sp³-hybridized carbons (Fsp3) is 0. The zero-order valence-corrected chi connectivity index (χ0v) is 24.6. The van der Waals surface area contributed by atoms with E-state index in [2.05, 4.69) is 65.2 Å².